The van der Waals surface area contributed by atoms with Crippen molar-refractivity contribution in [2.24, 2.45) is 0 Å². The number of carbonyl (C=O) groups excluding carboxylic acids is 2. The average Bonchev–Trinajstić information content (AvgIpc) is 2.49. The quantitative estimate of drug-likeness (QED) is 0.448. The molecule has 0 amide bonds. The Morgan fingerprint density at radius 1 is 1.42 bits per heavy atom. The topological polar surface area (TPSA) is 34.1 Å². The highest BCUT2D eigenvalue weighted by molar-refractivity contribution is 7.18. The number of Topliss-reactive ketones (excluding diaryl/α,β-unsaturated/α-hetero) is 2. The van der Waals surface area contributed by atoms with E-state index in [9.17, 15) is 9.59 Å². The van der Waals surface area contributed by atoms with Gasteiger partial charge in [-0.3, -0.25) is 9.59 Å². The van der Waals surface area contributed by atoms with Gasteiger partial charge in [0.1, 0.15) is 0 Å². The van der Waals surface area contributed by atoms with Crippen molar-refractivity contribution < 1.29 is 9.59 Å². The highest BCUT2D eigenvalue weighted by Crippen LogP contribution is 2.21. The van der Waals surface area contributed by atoms with Crippen molar-refractivity contribution >= 4 is 46.1 Å². The lowest BCUT2D eigenvalue weighted by molar-refractivity contribution is -0.112. The lowest BCUT2D eigenvalue weighted by Crippen LogP contribution is -2.13. The van der Waals surface area contributed by atoms with Gasteiger partial charge in [0.25, 0.3) is 0 Å². The molecule has 1 aromatic heterocycles. The Balaban J connectivity index is 2.85. The summed E-state index contributed by atoms with van der Waals surface area (Å²) in [5, 5.41) is 0. The minimum atomic E-state index is -0.602. The molecule has 0 aromatic carbocycles. The van der Waals surface area contributed by atoms with Crippen LogP contribution in [0.15, 0.2) is 12.1 Å². The van der Waals surface area contributed by atoms with Gasteiger partial charge >= 0.3 is 0 Å². The monoisotopic (exact) mass is 222 g/mol. The molecule has 2 nitrogen and oxygen atoms in total. The molecule has 1 aromatic rings. The molecule has 0 unspecified atom stereocenters. The van der Waals surface area contributed by atoms with E-state index < -0.39 is 11.6 Å². The number of hydrogen-bond acceptors (Lipinski definition) is 3. The molecule has 0 aliphatic heterocycles. The van der Waals surface area contributed by atoms with E-state index in [1.807, 2.05) is 0 Å². The number of carbonyl (C=O) groups is 2. The molecule has 1 rings (SSSR count). The fourth-order valence-electron chi connectivity index (χ4n) is 0.634. The molecule has 1 heterocycles. The van der Waals surface area contributed by atoms with Crippen LogP contribution in [-0.4, -0.2) is 17.4 Å². The zero-order valence-corrected chi connectivity index (χ0v) is 8.17. The van der Waals surface area contributed by atoms with Crippen LogP contribution in [0.5, 0.6) is 0 Å². The van der Waals surface area contributed by atoms with Crippen molar-refractivity contribution in [3.05, 3.63) is 21.3 Å². The zero-order chi connectivity index (χ0) is 9.14. The Bertz CT molecular complexity index is 319. The fraction of sp³-hybridized carbons (Fsp3) is 0.143. The van der Waals surface area contributed by atoms with Gasteiger partial charge in [-0.15, -0.1) is 22.9 Å². The SMILES string of the molecule is O=C(CCl)C(=O)c1ccc(Cl)s1. The predicted octanol–water partition coefficient (Wildman–Crippen LogP) is 2.39. The molecule has 0 atom stereocenters. The van der Waals surface area contributed by atoms with Gasteiger partial charge in [-0.2, -0.15) is 0 Å². The molecular weight excluding hydrogens is 219 g/mol. The Hall–Kier alpha value is -0.380. The first-order valence-corrected chi connectivity index (χ1v) is 4.77. The van der Waals surface area contributed by atoms with Gasteiger partial charge < -0.3 is 0 Å². The van der Waals surface area contributed by atoms with Gasteiger partial charge in [-0.25, -0.2) is 0 Å². The molecule has 64 valence electrons. The number of ketones is 2. The van der Waals surface area contributed by atoms with E-state index in [-0.39, 0.29) is 5.88 Å². The third-order valence-corrected chi connectivity index (χ3v) is 2.64. The van der Waals surface area contributed by atoms with Crippen LogP contribution in [0.3, 0.4) is 0 Å². The van der Waals surface area contributed by atoms with Gasteiger partial charge in [0, 0.05) is 0 Å². The number of rotatable bonds is 3. The summed E-state index contributed by atoms with van der Waals surface area (Å²) in [6, 6.07) is 3.08. The molecule has 0 fully saturated rings. The van der Waals surface area contributed by atoms with E-state index in [1.54, 1.807) is 6.07 Å². The van der Waals surface area contributed by atoms with E-state index in [0.717, 1.165) is 11.3 Å². The highest BCUT2D eigenvalue weighted by atomic mass is 35.5. The highest BCUT2D eigenvalue weighted by Gasteiger charge is 2.16. The molecule has 0 aliphatic rings. The van der Waals surface area contributed by atoms with Gasteiger partial charge in [0.05, 0.1) is 15.1 Å². The summed E-state index contributed by atoms with van der Waals surface area (Å²) < 4.78 is 0.487. The zero-order valence-electron chi connectivity index (χ0n) is 5.84. The molecule has 0 N–H and O–H groups in total. The second kappa shape index (κ2) is 4.03. The normalized spacial score (nSPS) is 9.83. The van der Waals surface area contributed by atoms with Crippen molar-refractivity contribution in [1.29, 1.82) is 0 Å². The number of halogens is 2. The lowest BCUT2D eigenvalue weighted by atomic mass is 10.2. The third kappa shape index (κ3) is 2.06. The van der Waals surface area contributed by atoms with Gasteiger partial charge in [-0.1, -0.05) is 11.6 Å². The minimum Gasteiger partial charge on any atom is -0.289 e. The summed E-state index contributed by atoms with van der Waals surface area (Å²) in [5.41, 5.74) is 0. The van der Waals surface area contributed by atoms with Crippen LogP contribution in [0.2, 0.25) is 4.34 Å². The molecule has 0 bridgehead atoms. The number of hydrogen-bond donors (Lipinski definition) is 0. The average molecular weight is 223 g/mol. The van der Waals surface area contributed by atoms with E-state index >= 15 is 0 Å². The fourth-order valence-corrected chi connectivity index (χ4v) is 1.76. The molecule has 0 saturated heterocycles. The van der Waals surface area contributed by atoms with E-state index in [4.69, 9.17) is 23.2 Å². The maximum absolute atomic E-state index is 11.1. The standard InChI is InChI=1S/C7H4Cl2O2S/c8-3-4(10)7(11)5-1-2-6(9)12-5/h1-2H,3H2. The molecule has 0 spiro atoms. The van der Waals surface area contributed by atoms with Crippen LogP contribution in [0.1, 0.15) is 9.67 Å². The largest absolute Gasteiger partial charge is 0.289 e. The molecule has 12 heavy (non-hydrogen) atoms. The maximum Gasteiger partial charge on any atom is 0.239 e. The van der Waals surface area contributed by atoms with Crippen molar-refractivity contribution in [3.8, 4) is 0 Å². The Morgan fingerprint density at radius 2 is 2.08 bits per heavy atom. The summed E-state index contributed by atoms with van der Waals surface area (Å²) in [6.07, 6.45) is 0. The van der Waals surface area contributed by atoms with E-state index in [0.29, 0.717) is 9.21 Å². The van der Waals surface area contributed by atoms with Crippen LogP contribution in [0.25, 0.3) is 0 Å². The van der Waals surface area contributed by atoms with Crippen LogP contribution < -0.4 is 0 Å². The third-order valence-electron chi connectivity index (χ3n) is 1.17. The molecular formula is C7H4Cl2O2S. The van der Waals surface area contributed by atoms with Crippen molar-refractivity contribution in [1.82, 2.24) is 0 Å². The maximum atomic E-state index is 11.1. The lowest BCUT2D eigenvalue weighted by Gasteiger charge is -1.89. The summed E-state index contributed by atoms with van der Waals surface area (Å²) in [6.45, 7) is 0. The van der Waals surface area contributed by atoms with Gasteiger partial charge in [0.15, 0.2) is 0 Å². The molecule has 0 saturated carbocycles. The summed E-state index contributed by atoms with van der Waals surface area (Å²) in [5.74, 6) is -1.45. The van der Waals surface area contributed by atoms with Crippen LogP contribution in [0, 0.1) is 0 Å². The predicted molar refractivity (Wildman–Crippen MR) is 49.4 cm³/mol. The Kier molecular flexibility index (Phi) is 3.26. The number of thiophene rings is 1. The van der Waals surface area contributed by atoms with Crippen LogP contribution in [0.4, 0.5) is 0 Å². The summed E-state index contributed by atoms with van der Waals surface area (Å²) in [4.78, 5) is 22.2. The first-order chi connectivity index (χ1) is 5.65. The Morgan fingerprint density at radius 3 is 2.50 bits per heavy atom. The van der Waals surface area contributed by atoms with Crippen LogP contribution >= 0.6 is 34.5 Å². The second-order valence-corrected chi connectivity index (χ2v) is 3.97. The van der Waals surface area contributed by atoms with Crippen molar-refractivity contribution in [2.45, 2.75) is 0 Å². The molecule has 0 radical (unpaired) electrons. The summed E-state index contributed by atoms with van der Waals surface area (Å²) >= 11 is 11.9. The van der Waals surface area contributed by atoms with Gasteiger partial charge in [-0.05, 0) is 12.1 Å². The van der Waals surface area contributed by atoms with E-state index in [1.165, 1.54) is 6.07 Å². The first-order valence-electron chi connectivity index (χ1n) is 3.04. The van der Waals surface area contributed by atoms with E-state index in [2.05, 4.69) is 0 Å². The molecule has 0 aliphatic carbocycles. The Labute approximate surface area is 83.1 Å². The summed E-state index contributed by atoms with van der Waals surface area (Å²) in [7, 11) is 0. The van der Waals surface area contributed by atoms with Gasteiger partial charge in [0.2, 0.25) is 11.6 Å². The molecule has 5 heteroatoms. The van der Waals surface area contributed by atoms with Crippen molar-refractivity contribution in [2.75, 3.05) is 5.88 Å². The minimum absolute atomic E-state index is 0.283. The second-order valence-electron chi connectivity index (χ2n) is 1.99. The first kappa shape index (κ1) is 9.71. The van der Waals surface area contributed by atoms with Crippen molar-refractivity contribution in [3.63, 3.8) is 0 Å². The number of alkyl halides is 1. The smallest absolute Gasteiger partial charge is 0.239 e. The van der Waals surface area contributed by atoms with Crippen LogP contribution in [-0.2, 0) is 4.79 Å².